The molecule has 1 fully saturated rings. The fourth-order valence-corrected chi connectivity index (χ4v) is 4.08. The lowest BCUT2D eigenvalue weighted by Gasteiger charge is -2.34. The SMILES string of the molecule is CC1CCC(C(N)=O)CN1S(=O)(=O)C=Cc1ccc(Cl)cc1. The van der Waals surface area contributed by atoms with Gasteiger partial charge in [-0.1, -0.05) is 23.7 Å². The van der Waals surface area contributed by atoms with Crippen LogP contribution in [0.3, 0.4) is 0 Å². The number of primary amides is 1. The number of halogens is 1. The van der Waals surface area contributed by atoms with Crippen LogP contribution in [0.1, 0.15) is 25.3 Å². The molecule has 120 valence electrons. The summed E-state index contributed by atoms with van der Waals surface area (Å²) in [5, 5.41) is 1.75. The predicted molar refractivity (Wildman–Crippen MR) is 87.5 cm³/mol. The quantitative estimate of drug-likeness (QED) is 0.911. The third kappa shape index (κ3) is 4.09. The standard InChI is InChI=1S/C15H19ClN2O3S/c1-11-2-5-13(15(17)19)10-18(11)22(20,21)9-8-12-3-6-14(16)7-4-12/h3-4,6-9,11,13H,2,5,10H2,1H3,(H2,17,19). The third-order valence-electron chi connectivity index (χ3n) is 3.86. The number of benzene rings is 1. The van der Waals surface area contributed by atoms with Crippen LogP contribution >= 0.6 is 11.6 Å². The van der Waals surface area contributed by atoms with Crippen LogP contribution in [0.25, 0.3) is 6.08 Å². The number of hydrogen-bond acceptors (Lipinski definition) is 3. The monoisotopic (exact) mass is 342 g/mol. The van der Waals surface area contributed by atoms with Gasteiger partial charge in [-0.05, 0) is 43.5 Å². The molecule has 0 bridgehead atoms. The largest absolute Gasteiger partial charge is 0.369 e. The van der Waals surface area contributed by atoms with Gasteiger partial charge in [0.1, 0.15) is 0 Å². The predicted octanol–water partition coefficient (Wildman–Crippen LogP) is 2.23. The molecular formula is C15H19ClN2O3S. The summed E-state index contributed by atoms with van der Waals surface area (Å²) in [4.78, 5) is 11.3. The summed E-state index contributed by atoms with van der Waals surface area (Å²) in [6.07, 6.45) is 2.78. The fourth-order valence-electron chi connectivity index (χ4n) is 2.48. The molecule has 0 radical (unpaired) electrons. The molecule has 1 aromatic rings. The van der Waals surface area contributed by atoms with Crippen LogP contribution in [0.4, 0.5) is 0 Å². The second-order valence-corrected chi connectivity index (χ2v) is 7.70. The molecule has 5 nitrogen and oxygen atoms in total. The maximum Gasteiger partial charge on any atom is 0.236 e. The maximum atomic E-state index is 12.5. The molecule has 2 atom stereocenters. The molecule has 1 aliphatic heterocycles. The third-order valence-corrected chi connectivity index (χ3v) is 5.75. The molecule has 2 N–H and O–H groups in total. The summed E-state index contributed by atoms with van der Waals surface area (Å²) in [5.74, 6) is -0.872. The van der Waals surface area contributed by atoms with Crippen molar-refractivity contribution in [2.75, 3.05) is 6.54 Å². The van der Waals surface area contributed by atoms with Gasteiger partial charge in [0.2, 0.25) is 15.9 Å². The molecule has 0 saturated carbocycles. The van der Waals surface area contributed by atoms with Gasteiger partial charge in [-0.25, -0.2) is 8.42 Å². The zero-order valence-corrected chi connectivity index (χ0v) is 13.8. The number of carbonyl (C=O) groups is 1. The minimum Gasteiger partial charge on any atom is -0.369 e. The van der Waals surface area contributed by atoms with Crippen LogP contribution in [-0.2, 0) is 14.8 Å². The number of sulfonamides is 1. The van der Waals surface area contributed by atoms with Crippen LogP contribution in [0, 0.1) is 5.92 Å². The highest BCUT2D eigenvalue weighted by atomic mass is 35.5. The van der Waals surface area contributed by atoms with Gasteiger partial charge < -0.3 is 5.73 Å². The molecule has 2 unspecified atom stereocenters. The number of piperidine rings is 1. The lowest BCUT2D eigenvalue weighted by Crippen LogP contribution is -2.47. The molecule has 1 heterocycles. The fraction of sp³-hybridized carbons (Fsp3) is 0.400. The Hall–Kier alpha value is -1.37. The summed E-state index contributed by atoms with van der Waals surface area (Å²) in [7, 11) is -3.60. The van der Waals surface area contributed by atoms with Crippen molar-refractivity contribution in [3.63, 3.8) is 0 Å². The molecule has 0 aliphatic carbocycles. The van der Waals surface area contributed by atoms with Crippen molar-refractivity contribution >= 4 is 33.6 Å². The Labute approximate surface area is 135 Å². The topological polar surface area (TPSA) is 80.5 Å². The molecule has 1 aromatic carbocycles. The van der Waals surface area contributed by atoms with Gasteiger partial charge in [0, 0.05) is 23.0 Å². The first-order valence-corrected chi connectivity index (χ1v) is 8.92. The van der Waals surface area contributed by atoms with Gasteiger partial charge in [0.25, 0.3) is 0 Å². The summed E-state index contributed by atoms with van der Waals surface area (Å²) in [6.45, 7) is 1.98. The van der Waals surface area contributed by atoms with Gasteiger partial charge in [-0.3, -0.25) is 4.79 Å². The normalized spacial score (nSPS) is 23.7. The van der Waals surface area contributed by atoms with Crippen molar-refractivity contribution in [2.24, 2.45) is 11.7 Å². The maximum absolute atomic E-state index is 12.5. The van der Waals surface area contributed by atoms with E-state index in [9.17, 15) is 13.2 Å². The average molecular weight is 343 g/mol. The van der Waals surface area contributed by atoms with E-state index in [0.717, 1.165) is 11.0 Å². The minimum absolute atomic E-state index is 0.143. The Bertz CT molecular complexity index is 671. The molecule has 7 heteroatoms. The number of carbonyl (C=O) groups excluding carboxylic acids is 1. The zero-order chi connectivity index (χ0) is 16.3. The van der Waals surface area contributed by atoms with Crippen molar-refractivity contribution in [3.8, 4) is 0 Å². The average Bonchev–Trinajstić information content (AvgIpc) is 2.46. The van der Waals surface area contributed by atoms with Crippen LogP contribution in [0.2, 0.25) is 5.02 Å². The Morgan fingerprint density at radius 2 is 1.95 bits per heavy atom. The summed E-state index contributed by atoms with van der Waals surface area (Å²) < 4.78 is 26.3. The highest BCUT2D eigenvalue weighted by Crippen LogP contribution is 2.25. The lowest BCUT2D eigenvalue weighted by molar-refractivity contribution is -0.123. The Morgan fingerprint density at radius 3 is 2.55 bits per heavy atom. The van der Waals surface area contributed by atoms with E-state index in [4.69, 9.17) is 17.3 Å². The molecule has 1 aliphatic rings. The highest BCUT2D eigenvalue weighted by Gasteiger charge is 2.34. The zero-order valence-electron chi connectivity index (χ0n) is 12.3. The molecule has 22 heavy (non-hydrogen) atoms. The second-order valence-electron chi connectivity index (χ2n) is 5.49. The van der Waals surface area contributed by atoms with E-state index in [1.807, 2.05) is 6.92 Å². The summed E-state index contributed by atoms with van der Waals surface area (Å²) >= 11 is 5.79. The van der Waals surface area contributed by atoms with Gasteiger partial charge >= 0.3 is 0 Å². The Kier molecular flexibility index (Phi) is 5.26. The number of rotatable bonds is 4. The van der Waals surface area contributed by atoms with Crippen molar-refractivity contribution < 1.29 is 13.2 Å². The molecule has 0 aromatic heterocycles. The van der Waals surface area contributed by atoms with E-state index in [2.05, 4.69) is 0 Å². The van der Waals surface area contributed by atoms with Crippen molar-refractivity contribution in [3.05, 3.63) is 40.3 Å². The van der Waals surface area contributed by atoms with Crippen LogP contribution in [0.5, 0.6) is 0 Å². The minimum atomic E-state index is -3.60. The Morgan fingerprint density at radius 1 is 1.32 bits per heavy atom. The van der Waals surface area contributed by atoms with Crippen LogP contribution in [0.15, 0.2) is 29.7 Å². The molecule has 1 amide bonds. The highest BCUT2D eigenvalue weighted by molar-refractivity contribution is 7.92. The van der Waals surface area contributed by atoms with Gasteiger partial charge in [0.15, 0.2) is 0 Å². The lowest BCUT2D eigenvalue weighted by atomic mass is 9.95. The van der Waals surface area contributed by atoms with E-state index in [0.29, 0.717) is 17.9 Å². The van der Waals surface area contributed by atoms with Crippen molar-refractivity contribution in [2.45, 2.75) is 25.8 Å². The number of nitrogens with zero attached hydrogens (tertiary/aromatic N) is 1. The molecular weight excluding hydrogens is 324 g/mol. The van der Waals surface area contributed by atoms with Crippen LogP contribution in [-0.4, -0.2) is 31.2 Å². The summed E-state index contributed by atoms with van der Waals surface area (Å²) in [5.41, 5.74) is 6.05. The molecule has 0 spiro atoms. The molecule has 2 rings (SSSR count). The smallest absolute Gasteiger partial charge is 0.236 e. The first-order valence-electron chi connectivity index (χ1n) is 7.04. The van der Waals surface area contributed by atoms with Gasteiger partial charge in [-0.15, -0.1) is 0 Å². The first-order chi connectivity index (χ1) is 10.3. The number of hydrogen-bond donors (Lipinski definition) is 1. The van der Waals surface area contributed by atoms with E-state index in [1.54, 1.807) is 24.3 Å². The number of amides is 1. The van der Waals surface area contributed by atoms with E-state index < -0.39 is 21.8 Å². The van der Waals surface area contributed by atoms with E-state index >= 15 is 0 Å². The van der Waals surface area contributed by atoms with Gasteiger partial charge in [0.05, 0.1) is 5.92 Å². The van der Waals surface area contributed by atoms with E-state index in [1.165, 1.54) is 10.4 Å². The van der Waals surface area contributed by atoms with Crippen LogP contribution < -0.4 is 5.73 Å². The van der Waals surface area contributed by atoms with E-state index in [-0.39, 0.29) is 12.6 Å². The first kappa shape index (κ1) is 17.0. The summed E-state index contributed by atoms with van der Waals surface area (Å²) in [6, 6.07) is 6.72. The van der Waals surface area contributed by atoms with Crippen molar-refractivity contribution in [1.29, 1.82) is 0 Å². The number of nitrogens with two attached hydrogens (primary N) is 1. The molecule has 1 saturated heterocycles. The van der Waals surface area contributed by atoms with Crippen molar-refractivity contribution in [1.82, 2.24) is 4.31 Å². The van der Waals surface area contributed by atoms with Gasteiger partial charge in [-0.2, -0.15) is 4.31 Å². The second kappa shape index (κ2) is 6.81. The Balaban J connectivity index is 2.17.